The topological polar surface area (TPSA) is 37.7 Å². The van der Waals surface area contributed by atoms with Crippen LogP contribution in [-0.4, -0.2) is 55.3 Å². The zero-order valence-corrected chi connectivity index (χ0v) is 23.2. The highest BCUT2D eigenvalue weighted by molar-refractivity contribution is 6.31. The molecule has 0 N–H and O–H groups in total. The van der Waals surface area contributed by atoms with E-state index < -0.39 is 0 Å². The van der Waals surface area contributed by atoms with E-state index in [1.165, 1.54) is 67.4 Å². The Morgan fingerprint density at radius 3 is 2.63 bits per heavy atom. The first-order valence-electron chi connectivity index (χ1n) is 14.3. The Hall–Kier alpha value is -2.76. The summed E-state index contributed by atoms with van der Waals surface area (Å²) in [5.74, 6) is 0.166. The van der Waals surface area contributed by atoms with Crippen molar-refractivity contribution >= 4 is 34.2 Å². The van der Waals surface area contributed by atoms with Crippen LogP contribution < -0.4 is 4.90 Å². The van der Waals surface area contributed by atoms with Crippen LogP contribution in [0.2, 0.25) is 5.02 Å². The van der Waals surface area contributed by atoms with Gasteiger partial charge >= 0.3 is 5.97 Å². The zero-order chi connectivity index (χ0) is 26.1. The monoisotopic (exact) mass is 531 g/mol. The van der Waals surface area contributed by atoms with Gasteiger partial charge in [-0.25, -0.2) is 4.79 Å². The molecule has 2 aliphatic heterocycles. The van der Waals surface area contributed by atoms with Gasteiger partial charge in [-0.15, -0.1) is 0 Å². The van der Waals surface area contributed by atoms with Crippen molar-refractivity contribution in [2.24, 2.45) is 0 Å². The summed E-state index contributed by atoms with van der Waals surface area (Å²) in [6, 6.07) is 12.6. The summed E-state index contributed by atoms with van der Waals surface area (Å²) in [6.07, 6.45) is 13.0. The number of hydrogen-bond acceptors (Lipinski definition) is 4. The number of carbonyl (C=O) groups is 1. The SMILES string of the molecule is COC(=O)c1ccc2c(C3CC=CCC3)c3n(c2c1)CCCN(CCN1CCCCC1)c1cc(Cl)ccc1-3. The molecule has 0 amide bonds. The van der Waals surface area contributed by atoms with E-state index in [0.717, 1.165) is 62.4 Å². The predicted octanol–water partition coefficient (Wildman–Crippen LogP) is 7.27. The van der Waals surface area contributed by atoms with Gasteiger partial charge in [-0.2, -0.15) is 0 Å². The number of esters is 1. The molecule has 5 nitrogen and oxygen atoms in total. The Kier molecular flexibility index (Phi) is 7.49. The molecule has 1 unspecified atom stereocenters. The Morgan fingerprint density at radius 1 is 0.974 bits per heavy atom. The molecule has 1 aromatic heterocycles. The number of likely N-dealkylation sites (tertiary alicyclic amines) is 1. The Balaban J connectivity index is 1.50. The van der Waals surface area contributed by atoms with Crippen molar-refractivity contribution in [3.8, 4) is 11.3 Å². The molecule has 1 atom stereocenters. The van der Waals surface area contributed by atoms with Crippen LogP contribution in [0.3, 0.4) is 0 Å². The van der Waals surface area contributed by atoms with E-state index in [2.05, 4.69) is 44.7 Å². The third-order valence-electron chi connectivity index (χ3n) is 8.70. The van der Waals surface area contributed by atoms with E-state index in [4.69, 9.17) is 16.3 Å². The van der Waals surface area contributed by atoms with Crippen LogP contribution in [-0.2, 0) is 11.3 Å². The molecule has 3 aliphatic rings. The molecule has 6 rings (SSSR count). The zero-order valence-electron chi connectivity index (χ0n) is 22.4. The van der Waals surface area contributed by atoms with Gasteiger partial charge in [-0.1, -0.05) is 36.2 Å². The van der Waals surface area contributed by atoms with Crippen LogP contribution in [0.25, 0.3) is 22.2 Å². The second kappa shape index (κ2) is 11.2. The molecule has 1 aliphatic carbocycles. The third-order valence-corrected chi connectivity index (χ3v) is 8.94. The quantitative estimate of drug-likeness (QED) is 0.256. The van der Waals surface area contributed by atoms with Crippen LogP contribution in [0.1, 0.15) is 66.8 Å². The maximum Gasteiger partial charge on any atom is 0.337 e. The maximum atomic E-state index is 12.5. The molecule has 200 valence electrons. The Bertz CT molecular complexity index is 1350. The van der Waals surface area contributed by atoms with Crippen molar-refractivity contribution in [1.82, 2.24) is 9.47 Å². The minimum absolute atomic E-state index is 0.286. The molecule has 1 fully saturated rings. The van der Waals surface area contributed by atoms with Crippen LogP contribution in [0.4, 0.5) is 5.69 Å². The largest absolute Gasteiger partial charge is 0.465 e. The van der Waals surface area contributed by atoms with E-state index >= 15 is 0 Å². The fraction of sp³-hybridized carbons (Fsp3) is 0.469. The standard InChI is InChI=1S/C32H38ClN3O2/c1-38-32(37)24-11-13-26-29(21-24)36-18-8-17-35(20-19-34-15-6-3-7-16-34)28-22-25(33)12-14-27(28)31(36)30(26)23-9-4-2-5-10-23/h2,4,11-14,21-23H,3,5-10,15-20H2,1H3. The van der Waals surface area contributed by atoms with E-state index in [9.17, 15) is 4.79 Å². The van der Waals surface area contributed by atoms with Gasteiger partial charge in [0.1, 0.15) is 0 Å². The molecule has 0 bridgehead atoms. The fourth-order valence-corrected chi connectivity index (χ4v) is 6.96. The van der Waals surface area contributed by atoms with Crippen molar-refractivity contribution in [2.45, 2.75) is 57.4 Å². The number of aryl methyl sites for hydroxylation is 1. The minimum Gasteiger partial charge on any atom is -0.465 e. The highest BCUT2D eigenvalue weighted by Crippen LogP contribution is 2.47. The lowest BCUT2D eigenvalue weighted by atomic mass is 9.84. The van der Waals surface area contributed by atoms with Gasteiger partial charge in [0.2, 0.25) is 0 Å². The number of aromatic nitrogens is 1. The summed E-state index contributed by atoms with van der Waals surface area (Å²) in [5.41, 5.74) is 6.96. The summed E-state index contributed by atoms with van der Waals surface area (Å²) in [6.45, 7) is 6.44. The van der Waals surface area contributed by atoms with Crippen LogP contribution in [0, 0.1) is 0 Å². The van der Waals surface area contributed by atoms with E-state index in [1.807, 2.05) is 18.2 Å². The molecule has 0 radical (unpaired) electrons. The number of benzene rings is 2. The molecular formula is C32H38ClN3O2. The fourth-order valence-electron chi connectivity index (χ4n) is 6.80. The van der Waals surface area contributed by atoms with Gasteiger partial charge in [-0.3, -0.25) is 0 Å². The number of carbonyl (C=O) groups excluding carboxylic acids is 1. The number of nitrogens with zero attached hydrogens (tertiary/aromatic N) is 3. The molecule has 0 saturated carbocycles. The minimum atomic E-state index is -0.286. The average molecular weight is 532 g/mol. The normalized spacial score (nSPS) is 20.1. The third kappa shape index (κ3) is 4.87. The summed E-state index contributed by atoms with van der Waals surface area (Å²) in [4.78, 5) is 17.7. The maximum absolute atomic E-state index is 12.5. The lowest BCUT2D eigenvalue weighted by molar-refractivity contribution is 0.0601. The number of allylic oxidation sites excluding steroid dienone is 2. The number of rotatable bonds is 5. The first kappa shape index (κ1) is 25.5. The van der Waals surface area contributed by atoms with Crippen molar-refractivity contribution in [3.05, 3.63) is 64.7 Å². The highest BCUT2D eigenvalue weighted by Gasteiger charge is 2.29. The average Bonchev–Trinajstić information content (AvgIpc) is 3.27. The summed E-state index contributed by atoms with van der Waals surface area (Å²) < 4.78 is 7.55. The van der Waals surface area contributed by atoms with Crippen molar-refractivity contribution in [3.63, 3.8) is 0 Å². The first-order valence-corrected chi connectivity index (χ1v) is 14.7. The van der Waals surface area contributed by atoms with Gasteiger partial charge < -0.3 is 19.1 Å². The summed E-state index contributed by atoms with van der Waals surface area (Å²) >= 11 is 6.65. The van der Waals surface area contributed by atoms with Gasteiger partial charge in [-0.05, 0) is 93.4 Å². The van der Waals surface area contributed by atoms with Crippen LogP contribution in [0.15, 0.2) is 48.6 Å². The van der Waals surface area contributed by atoms with Crippen molar-refractivity contribution in [1.29, 1.82) is 0 Å². The van der Waals surface area contributed by atoms with Gasteiger partial charge in [0.25, 0.3) is 0 Å². The predicted molar refractivity (Wildman–Crippen MR) is 157 cm³/mol. The first-order chi connectivity index (χ1) is 18.6. The number of methoxy groups -OCH3 is 1. The second-order valence-electron chi connectivity index (χ2n) is 11.0. The van der Waals surface area contributed by atoms with Crippen LogP contribution >= 0.6 is 11.6 Å². The van der Waals surface area contributed by atoms with E-state index in [1.54, 1.807) is 0 Å². The van der Waals surface area contributed by atoms with Gasteiger partial charge in [0.15, 0.2) is 0 Å². The van der Waals surface area contributed by atoms with Crippen molar-refractivity contribution in [2.75, 3.05) is 44.7 Å². The molecule has 1 saturated heterocycles. The Morgan fingerprint density at radius 2 is 1.84 bits per heavy atom. The van der Waals surface area contributed by atoms with Crippen molar-refractivity contribution < 1.29 is 9.53 Å². The highest BCUT2D eigenvalue weighted by atomic mass is 35.5. The van der Waals surface area contributed by atoms with Crippen LogP contribution in [0.5, 0.6) is 0 Å². The second-order valence-corrected chi connectivity index (χ2v) is 11.5. The molecule has 3 aromatic rings. The lowest BCUT2D eigenvalue weighted by Gasteiger charge is -2.34. The van der Waals surface area contributed by atoms with Gasteiger partial charge in [0.05, 0.1) is 18.4 Å². The smallest absolute Gasteiger partial charge is 0.337 e. The summed E-state index contributed by atoms with van der Waals surface area (Å²) in [7, 11) is 1.45. The summed E-state index contributed by atoms with van der Waals surface area (Å²) in [5, 5.41) is 2.04. The lowest BCUT2D eigenvalue weighted by Crippen LogP contribution is -2.39. The number of ether oxygens (including phenoxy) is 1. The number of halogens is 1. The molecule has 38 heavy (non-hydrogen) atoms. The molecule has 6 heteroatoms. The number of piperidine rings is 1. The van der Waals surface area contributed by atoms with E-state index in [-0.39, 0.29) is 5.97 Å². The van der Waals surface area contributed by atoms with E-state index in [0.29, 0.717) is 11.5 Å². The molecule has 3 heterocycles. The Labute approximate surface area is 231 Å². The molecule has 2 aromatic carbocycles. The molecule has 0 spiro atoms. The molecular weight excluding hydrogens is 494 g/mol. The number of fused-ring (bicyclic) bond motifs is 5. The number of anilines is 1. The van der Waals surface area contributed by atoms with Gasteiger partial charge in [0, 0.05) is 53.4 Å². The number of hydrogen-bond donors (Lipinski definition) is 0.